The van der Waals surface area contributed by atoms with Crippen molar-refractivity contribution in [1.82, 2.24) is 4.90 Å². The summed E-state index contributed by atoms with van der Waals surface area (Å²) in [6.07, 6.45) is -0.794. The van der Waals surface area contributed by atoms with Gasteiger partial charge in [-0.2, -0.15) is 0 Å². The lowest BCUT2D eigenvalue weighted by molar-refractivity contribution is -0.0855. The van der Waals surface area contributed by atoms with Crippen LogP contribution in [-0.4, -0.2) is 35.6 Å². The molecule has 134 valence electrons. The number of hydrogen-bond acceptors (Lipinski definition) is 2. The highest BCUT2D eigenvalue weighted by molar-refractivity contribution is 9.10. The third-order valence-corrected chi connectivity index (χ3v) is 4.76. The number of carbonyl (C=O) groups excluding carboxylic acids is 1. The minimum atomic E-state index is -3.23. The average Bonchev–Trinajstić information content (AvgIpc) is 2.40. The summed E-state index contributed by atoms with van der Waals surface area (Å²) in [5.41, 5.74) is -0.0701. The number of rotatable bonds is 1. The lowest BCUT2D eigenvalue weighted by Crippen LogP contribution is -2.51. The van der Waals surface area contributed by atoms with E-state index in [9.17, 15) is 18.0 Å². The topological polar surface area (TPSA) is 29.5 Å². The summed E-state index contributed by atoms with van der Waals surface area (Å²) in [5.74, 6) is -5.15. The first kappa shape index (κ1) is 19.1. The van der Waals surface area contributed by atoms with Crippen molar-refractivity contribution in [3.05, 3.63) is 33.5 Å². The number of hydrogen-bond donors (Lipinski definition) is 0. The molecule has 0 aromatic heterocycles. The summed E-state index contributed by atoms with van der Waals surface area (Å²) in [6, 6.07) is 2.65. The molecule has 1 aliphatic rings. The van der Waals surface area contributed by atoms with E-state index < -0.39 is 35.9 Å². The molecule has 0 aliphatic carbocycles. The minimum absolute atomic E-state index is 0.00969. The Morgan fingerprint density at radius 1 is 1.38 bits per heavy atom. The van der Waals surface area contributed by atoms with Gasteiger partial charge in [0.15, 0.2) is 0 Å². The fourth-order valence-corrected chi connectivity index (χ4v) is 3.07. The Morgan fingerprint density at radius 2 is 2.00 bits per heavy atom. The van der Waals surface area contributed by atoms with Crippen molar-refractivity contribution in [3.8, 4) is 0 Å². The van der Waals surface area contributed by atoms with Crippen LogP contribution >= 0.6 is 15.9 Å². The normalized spacial score (nSPS) is 20.8. The number of likely N-dealkylation sites (tertiary alicyclic amines) is 1. The van der Waals surface area contributed by atoms with Gasteiger partial charge < -0.3 is 9.64 Å². The molecule has 1 aliphatic heterocycles. The van der Waals surface area contributed by atoms with Crippen molar-refractivity contribution in [3.63, 3.8) is 0 Å². The Labute approximate surface area is 148 Å². The molecule has 0 spiro atoms. The molecule has 1 aromatic carbocycles. The van der Waals surface area contributed by atoms with Crippen LogP contribution in [0.5, 0.6) is 0 Å². The third-order valence-electron chi connectivity index (χ3n) is 3.90. The lowest BCUT2D eigenvalue weighted by Gasteiger charge is -2.39. The van der Waals surface area contributed by atoms with Crippen LogP contribution in [0.4, 0.5) is 18.0 Å². The smallest absolute Gasteiger partial charge is 0.410 e. The molecule has 24 heavy (non-hydrogen) atoms. The molecule has 1 aromatic rings. The van der Waals surface area contributed by atoms with Crippen LogP contribution in [0.2, 0.25) is 0 Å². The Bertz CT molecular complexity index is 643. The van der Waals surface area contributed by atoms with E-state index in [0.29, 0.717) is 10.0 Å². The van der Waals surface area contributed by atoms with Crippen LogP contribution in [0, 0.1) is 12.7 Å². The first-order chi connectivity index (χ1) is 10.9. The van der Waals surface area contributed by atoms with E-state index >= 15 is 0 Å². The van der Waals surface area contributed by atoms with Gasteiger partial charge in [0.2, 0.25) is 0 Å². The first-order valence-electron chi connectivity index (χ1n) is 7.72. The fraction of sp³-hybridized carbons (Fsp3) is 0.588. The van der Waals surface area contributed by atoms with Crippen molar-refractivity contribution >= 4 is 22.0 Å². The molecule has 7 heteroatoms. The number of piperidine rings is 1. The highest BCUT2D eigenvalue weighted by Gasteiger charge is 2.48. The lowest BCUT2D eigenvalue weighted by atomic mass is 9.85. The molecule has 3 nitrogen and oxygen atoms in total. The summed E-state index contributed by atoms with van der Waals surface area (Å²) in [6.45, 7) is 6.08. The molecular weight excluding hydrogens is 387 g/mol. The van der Waals surface area contributed by atoms with Crippen molar-refractivity contribution in [1.29, 1.82) is 0 Å². The molecule has 1 amide bonds. The van der Waals surface area contributed by atoms with Gasteiger partial charge in [-0.3, -0.25) is 0 Å². The molecule has 1 saturated heterocycles. The van der Waals surface area contributed by atoms with Crippen molar-refractivity contribution < 1.29 is 22.7 Å². The second-order valence-electron chi connectivity index (χ2n) is 7.13. The monoisotopic (exact) mass is 407 g/mol. The predicted molar refractivity (Wildman–Crippen MR) is 88.9 cm³/mol. The maximum Gasteiger partial charge on any atom is 0.410 e. The molecule has 0 radical (unpaired) electrons. The number of amides is 1. The van der Waals surface area contributed by atoms with Crippen LogP contribution < -0.4 is 0 Å². The zero-order chi connectivity index (χ0) is 18.3. The number of nitrogens with zero attached hydrogens (tertiary/aromatic N) is 1. The highest BCUT2D eigenvalue weighted by Crippen LogP contribution is 2.42. The van der Waals surface area contributed by atoms with Gasteiger partial charge in [-0.15, -0.1) is 0 Å². The van der Waals surface area contributed by atoms with Gasteiger partial charge >= 0.3 is 6.09 Å². The molecule has 1 atom stereocenters. The van der Waals surface area contributed by atoms with Crippen molar-refractivity contribution in [2.45, 2.75) is 51.6 Å². The number of benzene rings is 1. The second kappa shape index (κ2) is 6.58. The number of aryl methyl sites for hydroxylation is 1. The summed E-state index contributed by atoms with van der Waals surface area (Å²) in [4.78, 5) is 13.0. The first-order valence-corrected chi connectivity index (χ1v) is 8.51. The number of alkyl halides is 2. The quantitative estimate of drug-likeness (QED) is 0.635. The largest absolute Gasteiger partial charge is 0.444 e. The standard InChI is InChI=1S/C17H21BrF3NO2/c1-10-7-11(14(19)8-13(10)18)12-5-6-22(9-17(12,20)21)15(23)24-16(2,3)4/h7-8,12H,5-6,9H2,1-4H3. The van der Waals surface area contributed by atoms with Gasteiger partial charge in [0.1, 0.15) is 11.4 Å². The Balaban J connectivity index is 2.21. The van der Waals surface area contributed by atoms with E-state index in [1.165, 1.54) is 12.1 Å². The van der Waals surface area contributed by atoms with Gasteiger partial charge in [0, 0.05) is 11.0 Å². The Kier molecular flexibility index (Phi) is 5.23. The molecule has 2 rings (SSSR count). The number of ether oxygens (including phenoxy) is 1. The van der Waals surface area contributed by atoms with E-state index in [0.717, 1.165) is 4.90 Å². The molecule has 1 fully saturated rings. The molecule has 0 N–H and O–H groups in total. The van der Waals surface area contributed by atoms with Crippen LogP contribution in [0.3, 0.4) is 0 Å². The molecule has 1 unspecified atom stereocenters. The number of halogens is 4. The Hall–Kier alpha value is -1.24. The fourth-order valence-electron chi connectivity index (χ4n) is 2.75. The van der Waals surface area contributed by atoms with Crippen LogP contribution in [0.1, 0.15) is 44.2 Å². The summed E-state index contributed by atoms with van der Waals surface area (Å²) < 4.78 is 49.0. The van der Waals surface area contributed by atoms with Crippen LogP contribution in [0.25, 0.3) is 0 Å². The highest BCUT2D eigenvalue weighted by atomic mass is 79.9. The summed E-state index contributed by atoms with van der Waals surface area (Å²) >= 11 is 3.19. The van der Waals surface area contributed by atoms with E-state index in [1.807, 2.05) is 0 Å². The van der Waals surface area contributed by atoms with Gasteiger partial charge in [-0.1, -0.05) is 22.0 Å². The van der Waals surface area contributed by atoms with Gasteiger partial charge in [-0.05, 0) is 51.3 Å². The zero-order valence-electron chi connectivity index (χ0n) is 14.1. The average molecular weight is 408 g/mol. The van der Waals surface area contributed by atoms with Crippen molar-refractivity contribution in [2.75, 3.05) is 13.1 Å². The van der Waals surface area contributed by atoms with Crippen LogP contribution in [0.15, 0.2) is 16.6 Å². The van der Waals surface area contributed by atoms with E-state index in [1.54, 1.807) is 27.7 Å². The SMILES string of the molecule is Cc1cc(C2CCN(C(=O)OC(C)(C)C)CC2(F)F)c(F)cc1Br. The molecular formula is C17H21BrF3NO2. The van der Waals surface area contributed by atoms with Crippen LogP contribution in [-0.2, 0) is 4.74 Å². The third kappa shape index (κ3) is 4.23. The Morgan fingerprint density at radius 3 is 2.54 bits per heavy atom. The van der Waals surface area contributed by atoms with Gasteiger partial charge in [-0.25, -0.2) is 18.0 Å². The van der Waals surface area contributed by atoms with E-state index in [2.05, 4.69) is 15.9 Å². The van der Waals surface area contributed by atoms with Crippen molar-refractivity contribution in [2.24, 2.45) is 0 Å². The minimum Gasteiger partial charge on any atom is -0.444 e. The maximum absolute atomic E-state index is 14.6. The number of carbonyl (C=O) groups is 1. The zero-order valence-corrected chi connectivity index (χ0v) is 15.7. The molecule has 0 bridgehead atoms. The van der Waals surface area contributed by atoms with E-state index in [-0.39, 0.29) is 18.5 Å². The second-order valence-corrected chi connectivity index (χ2v) is 7.98. The van der Waals surface area contributed by atoms with E-state index in [4.69, 9.17) is 4.74 Å². The molecule has 0 saturated carbocycles. The predicted octanol–water partition coefficient (Wildman–Crippen LogP) is 5.26. The van der Waals surface area contributed by atoms with Gasteiger partial charge in [0.25, 0.3) is 5.92 Å². The van der Waals surface area contributed by atoms with Gasteiger partial charge in [0.05, 0.1) is 12.5 Å². The molecule has 1 heterocycles. The summed E-state index contributed by atoms with van der Waals surface area (Å²) in [5, 5.41) is 0. The summed E-state index contributed by atoms with van der Waals surface area (Å²) in [7, 11) is 0. The maximum atomic E-state index is 14.6.